The number of benzene rings is 1. The zero-order chi connectivity index (χ0) is 19.8. The number of likely N-dealkylation sites (tertiary alicyclic amines) is 1. The van der Waals surface area contributed by atoms with Gasteiger partial charge in [-0.1, -0.05) is 12.1 Å². The predicted octanol–water partition coefficient (Wildman–Crippen LogP) is 0.0529. The number of imide groups is 2. The molecule has 28 heavy (non-hydrogen) atoms. The highest BCUT2D eigenvalue weighted by Crippen LogP contribution is 2.29. The second-order valence-electron chi connectivity index (χ2n) is 6.98. The van der Waals surface area contributed by atoms with E-state index in [9.17, 15) is 24.0 Å². The van der Waals surface area contributed by atoms with Crippen molar-refractivity contribution in [3.8, 4) is 0 Å². The highest BCUT2D eigenvalue weighted by Gasteiger charge is 2.47. The van der Waals surface area contributed by atoms with Crippen LogP contribution in [0.25, 0.3) is 0 Å². The quantitative estimate of drug-likeness (QED) is 0.576. The molecule has 2 unspecified atom stereocenters. The molecule has 3 heterocycles. The Labute approximate surface area is 160 Å². The summed E-state index contributed by atoms with van der Waals surface area (Å²) >= 11 is 0. The molecule has 1 aromatic carbocycles. The van der Waals surface area contributed by atoms with Crippen LogP contribution in [0.15, 0.2) is 24.3 Å². The number of nitrogens with one attached hydrogen (secondary N) is 1. The maximum atomic E-state index is 12.9. The second kappa shape index (κ2) is 7.16. The van der Waals surface area contributed by atoms with Crippen molar-refractivity contribution in [1.29, 1.82) is 0 Å². The van der Waals surface area contributed by atoms with E-state index in [1.165, 1.54) is 12.1 Å². The third-order valence-electron chi connectivity index (χ3n) is 5.30. The van der Waals surface area contributed by atoms with Crippen molar-refractivity contribution in [2.75, 3.05) is 13.3 Å². The van der Waals surface area contributed by atoms with Gasteiger partial charge in [-0.3, -0.25) is 28.9 Å². The minimum Gasteiger partial charge on any atom is -0.443 e. The van der Waals surface area contributed by atoms with Crippen LogP contribution in [0.3, 0.4) is 0 Å². The summed E-state index contributed by atoms with van der Waals surface area (Å²) in [6, 6.07) is 4.81. The Morgan fingerprint density at radius 3 is 2.36 bits per heavy atom. The molecular formula is C19H19N3O6. The van der Waals surface area contributed by atoms with Crippen molar-refractivity contribution < 1.29 is 28.7 Å². The van der Waals surface area contributed by atoms with Gasteiger partial charge in [0.1, 0.15) is 12.1 Å². The normalized spacial score (nSPS) is 24.7. The zero-order valence-electron chi connectivity index (χ0n) is 15.1. The van der Waals surface area contributed by atoms with Gasteiger partial charge in [0, 0.05) is 6.42 Å². The first-order valence-electron chi connectivity index (χ1n) is 9.20. The molecule has 0 radical (unpaired) electrons. The summed E-state index contributed by atoms with van der Waals surface area (Å²) in [4.78, 5) is 64.1. The highest BCUT2D eigenvalue weighted by molar-refractivity contribution is 6.23. The summed E-state index contributed by atoms with van der Waals surface area (Å²) in [7, 11) is 0. The number of carbonyl (C=O) groups is 5. The lowest BCUT2D eigenvalue weighted by Crippen LogP contribution is -2.56. The van der Waals surface area contributed by atoms with Crippen LogP contribution < -0.4 is 5.32 Å². The number of rotatable bonds is 4. The second-order valence-corrected chi connectivity index (χ2v) is 6.98. The molecule has 4 amide bonds. The lowest BCUT2D eigenvalue weighted by Gasteiger charge is -2.34. The molecule has 2 atom stereocenters. The topological polar surface area (TPSA) is 113 Å². The molecule has 2 saturated heterocycles. The molecule has 1 aromatic rings. The third-order valence-corrected chi connectivity index (χ3v) is 5.30. The first-order valence-corrected chi connectivity index (χ1v) is 9.20. The average molecular weight is 385 g/mol. The average Bonchev–Trinajstić information content (AvgIpc) is 3.31. The number of nitrogens with zero attached hydrogens (tertiary/aromatic N) is 2. The number of piperidine rings is 1. The molecule has 0 aromatic heterocycles. The van der Waals surface area contributed by atoms with E-state index >= 15 is 0 Å². The molecule has 9 nitrogen and oxygen atoms in total. The molecule has 0 spiro atoms. The fourth-order valence-corrected chi connectivity index (χ4v) is 3.80. The van der Waals surface area contributed by atoms with Gasteiger partial charge in [0.15, 0.2) is 6.73 Å². The van der Waals surface area contributed by atoms with Gasteiger partial charge in [-0.25, -0.2) is 4.90 Å². The van der Waals surface area contributed by atoms with Gasteiger partial charge in [-0.15, -0.1) is 0 Å². The van der Waals surface area contributed by atoms with Crippen LogP contribution >= 0.6 is 0 Å². The van der Waals surface area contributed by atoms with Crippen LogP contribution in [0.1, 0.15) is 46.4 Å². The Hall–Kier alpha value is -3.07. The van der Waals surface area contributed by atoms with Crippen molar-refractivity contribution in [2.24, 2.45) is 0 Å². The van der Waals surface area contributed by atoms with Crippen LogP contribution in [0.4, 0.5) is 0 Å². The third kappa shape index (κ3) is 2.97. The number of fused-ring (bicyclic) bond motifs is 1. The highest BCUT2D eigenvalue weighted by atomic mass is 16.5. The van der Waals surface area contributed by atoms with Crippen molar-refractivity contribution in [3.63, 3.8) is 0 Å². The Morgan fingerprint density at radius 2 is 1.75 bits per heavy atom. The summed E-state index contributed by atoms with van der Waals surface area (Å²) in [6.07, 6.45) is 1.52. The van der Waals surface area contributed by atoms with Crippen LogP contribution in [0.5, 0.6) is 0 Å². The van der Waals surface area contributed by atoms with Gasteiger partial charge >= 0.3 is 5.97 Å². The molecule has 0 aliphatic carbocycles. The molecule has 3 aliphatic heterocycles. The molecular weight excluding hydrogens is 366 g/mol. The van der Waals surface area contributed by atoms with Crippen molar-refractivity contribution in [3.05, 3.63) is 35.4 Å². The maximum Gasteiger partial charge on any atom is 0.324 e. The van der Waals surface area contributed by atoms with E-state index in [1.54, 1.807) is 12.1 Å². The van der Waals surface area contributed by atoms with Crippen molar-refractivity contribution in [2.45, 2.75) is 37.8 Å². The first-order chi connectivity index (χ1) is 13.5. The van der Waals surface area contributed by atoms with Crippen LogP contribution in [-0.2, 0) is 19.1 Å². The lowest BCUT2D eigenvalue weighted by atomic mass is 10.0. The van der Waals surface area contributed by atoms with Crippen LogP contribution in [0, 0.1) is 0 Å². The summed E-state index contributed by atoms with van der Waals surface area (Å²) in [5, 5.41) is 2.98. The summed E-state index contributed by atoms with van der Waals surface area (Å²) in [5.41, 5.74) is 0.477. The fourth-order valence-electron chi connectivity index (χ4n) is 3.80. The Morgan fingerprint density at radius 1 is 1.07 bits per heavy atom. The summed E-state index contributed by atoms with van der Waals surface area (Å²) in [5.74, 6) is -2.84. The van der Waals surface area contributed by atoms with Crippen molar-refractivity contribution >= 4 is 29.6 Å². The summed E-state index contributed by atoms with van der Waals surface area (Å²) < 4.78 is 5.13. The minimum absolute atomic E-state index is 0.0248. The minimum atomic E-state index is -1.09. The largest absolute Gasteiger partial charge is 0.443 e. The van der Waals surface area contributed by atoms with Gasteiger partial charge in [0.05, 0.1) is 11.1 Å². The van der Waals surface area contributed by atoms with E-state index in [4.69, 9.17) is 4.74 Å². The Balaban J connectivity index is 1.48. The molecule has 146 valence electrons. The van der Waals surface area contributed by atoms with Gasteiger partial charge in [-0.05, 0) is 37.9 Å². The smallest absolute Gasteiger partial charge is 0.324 e. The van der Waals surface area contributed by atoms with E-state index < -0.39 is 48.4 Å². The monoisotopic (exact) mass is 385 g/mol. The molecule has 3 aliphatic rings. The maximum absolute atomic E-state index is 12.9. The zero-order valence-corrected chi connectivity index (χ0v) is 15.1. The number of carbonyl (C=O) groups excluding carboxylic acids is 5. The van der Waals surface area contributed by atoms with E-state index in [1.807, 2.05) is 0 Å². The SMILES string of the molecule is O=C(OCN1C(=O)CCC(N2C(=O)c3ccccc3C2=O)C1=O)C1CCCN1. The van der Waals surface area contributed by atoms with Gasteiger partial charge in [-0.2, -0.15) is 0 Å². The lowest BCUT2D eigenvalue weighted by molar-refractivity contribution is -0.164. The first kappa shape index (κ1) is 18.3. The van der Waals surface area contributed by atoms with E-state index in [2.05, 4.69) is 5.32 Å². The number of ether oxygens (including phenoxy) is 1. The molecule has 4 rings (SSSR count). The van der Waals surface area contributed by atoms with E-state index in [0.29, 0.717) is 13.0 Å². The Kier molecular flexibility index (Phi) is 4.68. The van der Waals surface area contributed by atoms with E-state index in [-0.39, 0.29) is 24.0 Å². The number of amides is 4. The number of hydrogen-bond acceptors (Lipinski definition) is 7. The van der Waals surface area contributed by atoms with Crippen LogP contribution in [0.2, 0.25) is 0 Å². The van der Waals surface area contributed by atoms with Crippen LogP contribution in [-0.4, -0.2) is 64.8 Å². The van der Waals surface area contributed by atoms with Gasteiger partial charge in [0.25, 0.3) is 17.7 Å². The van der Waals surface area contributed by atoms with Crippen molar-refractivity contribution in [1.82, 2.24) is 15.1 Å². The van der Waals surface area contributed by atoms with Gasteiger partial charge in [0.2, 0.25) is 5.91 Å². The molecule has 9 heteroatoms. The summed E-state index contributed by atoms with van der Waals surface area (Å²) in [6.45, 7) is 0.192. The Bertz CT molecular complexity index is 841. The number of hydrogen-bond donors (Lipinski definition) is 1. The standard InChI is InChI=1S/C19H19N3O6/c23-15-8-7-14(22-16(24)11-4-1-2-5-12(11)17(22)25)18(26)21(15)10-28-19(27)13-6-3-9-20-13/h1-2,4-5,13-14,20H,3,6-10H2. The molecule has 2 fully saturated rings. The molecule has 1 N–H and O–H groups in total. The molecule has 0 bridgehead atoms. The molecule has 0 saturated carbocycles. The number of esters is 1. The predicted molar refractivity (Wildman–Crippen MR) is 93.8 cm³/mol. The van der Waals surface area contributed by atoms with E-state index in [0.717, 1.165) is 16.2 Å². The van der Waals surface area contributed by atoms with Gasteiger partial charge < -0.3 is 10.1 Å². The fraction of sp³-hybridized carbons (Fsp3) is 0.421.